The van der Waals surface area contributed by atoms with E-state index in [-0.39, 0.29) is 17.9 Å². The van der Waals surface area contributed by atoms with Crippen molar-refractivity contribution in [3.05, 3.63) is 0 Å². The molecule has 2 saturated carbocycles. The van der Waals surface area contributed by atoms with E-state index in [4.69, 9.17) is 0 Å². The summed E-state index contributed by atoms with van der Waals surface area (Å²) in [6, 6.07) is -0.964. The third kappa shape index (κ3) is 4.05. The summed E-state index contributed by atoms with van der Waals surface area (Å²) in [5.74, 6) is -0.302. The van der Waals surface area contributed by atoms with Gasteiger partial charge in [0.15, 0.2) is 0 Å². The molecule has 0 aromatic rings. The Morgan fingerprint density at radius 1 is 1.35 bits per heavy atom. The summed E-state index contributed by atoms with van der Waals surface area (Å²) in [6.45, 7) is 4.80. The summed E-state index contributed by atoms with van der Waals surface area (Å²) in [6.07, 6.45) is 1.31. The van der Waals surface area contributed by atoms with Crippen molar-refractivity contribution in [2.75, 3.05) is 13.1 Å². The molecular weight excluding hydrogens is 361 g/mol. The van der Waals surface area contributed by atoms with Gasteiger partial charge < -0.3 is 10.4 Å². The van der Waals surface area contributed by atoms with E-state index in [1.165, 1.54) is 0 Å². The lowest BCUT2D eigenvalue weighted by Gasteiger charge is -2.48. The molecule has 0 aromatic carbocycles. The summed E-state index contributed by atoms with van der Waals surface area (Å²) in [4.78, 5) is 11.5. The molecule has 3 N–H and O–H groups in total. The fraction of sp³-hybridized carbons (Fsp3) is 0.941. The van der Waals surface area contributed by atoms with Crippen molar-refractivity contribution >= 4 is 16.1 Å². The predicted molar refractivity (Wildman–Crippen MR) is 95.2 cm³/mol. The third-order valence-electron chi connectivity index (χ3n) is 6.06. The zero-order valence-corrected chi connectivity index (χ0v) is 16.2. The number of amides is 1. The zero-order valence-electron chi connectivity index (χ0n) is 15.4. The normalized spacial score (nSPS) is 40.4. The maximum atomic E-state index is 15.3. The summed E-state index contributed by atoms with van der Waals surface area (Å²) in [5.41, 5.74) is 0. The van der Waals surface area contributed by atoms with Gasteiger partial charge in [-0.1, -0.05) is 13.8 Å². The van der Waals surface area contributed by atoms with Gasteiger partial charge in [-0.3, -0.25) is 4.79 Å². The van der Waals surface area contributed by atoms with Crippen LogP contribution < -0.4 is 10.0 Å². The van der Waals surface area contributed by atoms with Crippen LogP contribution in [-0.4, -0.2) is 61.2 Å². The standard InChI is InChI=1S/C17H30FN3O4S/c1-10(2)5-6-19-12-4-3-11-7-14(22)17(16(18)13(11)8-12)21-9-15(23)20-26(21,24)25/h10-14,16-17,19,22H,3-9H2,1-2H3,(H,20,23)/t11?,12-,13?,14?,16?,17?/m1/s1. The van der Waals surface area contributed by atoms with E-state index in [0.29, 0.717) is 18.8 Å². The number of alkyl halides is 1. The van der Waals surface area contributed by atoms with Gasteiger partial charge in [-0.15, -0.1) is 0 Å². The number of aliphatic hydroxyl groups is 1. The van der Waals surface area contributed by atoms with Gasteiger partial charge in [-0.2, -0.15) is 12.7 Å². The monoisotopic (exact) mass is 391 g/mol. The first-order chi connectivity index (χ1) is 12.2. The molecule has 1 aliphatic heterocycles. The molecule has 1 saturated heterocycles. The van der Waals surface area contributed by atoms with E-state index in [0.717, 1.165) is 30.1 Å². The lowest BCUT2D eigenvalue weighted by atomic mass is 9.66. The molecule has 3 fully saturated rings. The Kier molecular flexibility index (Phi) is 5.91. The number of rotatable bonds is 5. The van der Waals surface area contributed by atoms with Gasteiger partial charge >= 0.3 is 10.2 Å². The smallest absolute Gasteiger partial charge is 0.304 e. The van der Waals surface area contributed by atoms with Crippen LogP contribution in [0.25, 0.3) is 0 Å². The minimum Gasteiger partial charge on any atom is -0.391 e. The molecule has 0 radical (unpaired) electrons. The van der Waals surface area contributed by atoms with E-state index in [2.05, 4.69) is 19.2 Å². The van der Waals surface area contributed by atoms with Crippen molar-refractivity contribution in [2.45, 2.75) is 70.3 Å². The van der Waals surface area contributed by atoms with Crippen LogP contribution in [-0.2, 0) is 15.0 Å². The molecule has 26 heavy (non-hydrogen) atoms. The number of carbonyl (C=O) groups excluding carboxylic acids is 1. The topological polar surface area (TPSA) is 98.7 Å². The van der Waals surface area contributed by atoms with Gasteiger partial charge in [0.05, 0.1) is 18.7 Å². The summed E-state index contributed by atoms with van der Waals surface area (Å²) < 4.78 is 42.2. The first kappa shape index (κ1) is 20.0. The van der Waals surface area contributed by atoms with Crippen molar-refractivity contribution in [3.63, 3.8) is 0 Å². The van der Waals surface area contributed by atoms with E-state index in [1.54, 1.807) is 0 Å². The lowest BCUT2D eigenvalue weighted by molar-refractivity contribution is -0.119. The molecule has 0 bridgehead atoms. The van der Waals surface area contributed by atoms with E-state index in [9.17, 15) is 18.3 Å². The van der Waals surface area contributed by atoms with Crippen molar-refractivity contribution < 1.29 is 22.7 Å². The van der Waals surface area contributed by atoms with Crippen LogP contribution in [0.3, 0.4) is 0 Å². The number of hydrogen-bond acceptors (Lipinski definition) is 5. The highest BCUT2D eigenvalue weighted by atomic mass is 32.2. The second-order valence-electron chi connectivity index (χ2n) is 8.38. The Morgan fingerprint density at radius 2 is 2.08 bits per heavy atom. The highest BCUT2D eigenvalue weighted by Crippen LogP contribution is 2.44. The van der Waals surface area contributed by atoms with Crippen molar-refractivity contribution in [1.29, 1.82) is 0 Å². The molecule has 2 aliphatic carbocycles. The zero-order chi connectivity index (χ0) is 19.1. The number of hydrogen-bond donors (Lipinski definition) is 3. The molecule has 9 heteroatoms. The number of halogens is 1. The second-order valence-corrected chi connectivity index (χ2v) is 10.0. The molecule has 0 aromatic heterocycles. The number of nitrogens with zero attached hydrogens (tertiary/aromatic N) is 1. The van der Waals surface area contributed by atoms with Crippen LogP contribution in [0, 0.1) is 17.8 Å². The first-order valence-electron chi connectivity index (χ1n) is 9.57. The van der Waals surface area contributed by atoms with Gasteiger partial charge in [0, 0.05) is 6.04 Å². The molecule has 3 aliphatic rings. The van der Waals surface area contributed by atoms with Gasteiger partial charge in [-0.25, -0.2) is 9.11 Å². The quantitative estimate of drug-likeness (QED) is 0.636. The minimum atomic E-state index is -4.06. The van der Waals surface area contributed by atoms with Crippen LogP contribution in [0.2, 0.25) is 0 Å². The van der Waals surface area contributed by atoms with Gasteiger partial charge in [0.25, 0.3) is 0 Å². The Hall–Kier alpha value is -0.770. The predicted octanol–water partition coefficient (Wildman–Crippen LogP) is 0.555. The number of fused-ring (bicyclic) bond motifs is 1. The highest BCUT2D eigenvalue weighted by molar-refractivity contribution is 7.88. The first-order valence-corrected chi connectivity index (χ1v) is 11.0. The van der Waals surface area contributed by atoms with Gasteiger partial charge in [-0.05, 0) is 56.4 Å². The molecule has 5 unspecified atom stereocenters. The Bertz CT molecular complexity index is 629. The molecular formula is C17H30FN3O4S. The lowest BCUT2D eigenvalue weighted by Crippen LogP contribution is -2.59. The van der Waals surface area contributed by atoms with E-state index in [1.807, 2.05) is 4.72 Å². The average Bonchev–Trinajstić information content (AvgIpc) is 2.80. The minimum absolute atomic E-state index is 0.0633. The molecule has 150 valence electrons. The molecule has 1 heterocycles. The van der Waals surface area contributed by atoms with Gasteiger partial charge in [0.1, 0.15) is 6.17 Å². The largest absolute Gasteiger partial charge is 0.391 e. The fourth-order valence-electron chi connectivity index (χ4n) is 4.71. The van der Waals surface area contributed by atoms with E-state index < -0.39 is 41.0 Å². The van der Waals surface area contributed by atoms with Gasteiger partial charge in [0.2, 0.25) is 5.91 Å². The van der Waals surface area contributed by atoms with Crippen molar-refractivity contribution in [3.8, 4) is 0 Å². The Labute approximate surface area is 154 Å². The van der Waals surface area contributed by atoms with E-state index >= 15 is 4.39 Å². The number of carbonyl (C=O) groups is 1. The summed E-state index contributed by atoms with van der Waals surface area (Å²) >= 11 is 0. The summed E-state index contributed by atoms with van der Waals surface area (Å²) in [7, 11) is -4.06. The molecule has 1 amide bonds. The number of nitrogens with one attached hydrogen (secondary N) is 2. The fourth-order valence-corrected chi connectivity index (χ4v) is 6.04. The van der Waals surface area contributed by atoms with Crippen LogP contribution in [0.4, 0.5) is 4.39 Å². The van der Waals surface area contributed by atoms with Crippen molar-refractivity contribution in [2.24, 2.45) is 17.8 Å². The van der Waals surface area contributed by atoms with Crippen LogP contribution in [0.1, 0.15) is 46.0 Å². The Balaban J connectivity index is 1.69. The SMILES string of the molecule is CC(C)CCN[C@@H]1CCC2CC(O)C(N3CC(=O)NS3(=O)=O)C(F)C2C1. The maximum Gasteiger partial charge on any atom is 0.304 e. The average molecular weight is 392 g/mol. The maximum absolute atomic E-state index is 15.3. The molecule has 7 nitrogen and oxygen atoms in total. The Morgan fingerprint density at radius 3 is 2.69 bits per heavy atom. The van der Waals surface area contributed by atoms with Crippen LogP contribution in [0.5, 0.6) is 0 Å². The molecule has 3 rings (SSSR count). The van der Waals surface area contributed by atoms with Crippen LogP contribution >= 0.6 is 0 Å². The summed E-state index contributed by atoms with van der Waals surface area (Å²) in [5, 5.41) is 13.9. The van der Waals surface area contributed by atoms with Crippen molar-refractivity contribution in [1.82, 2.24) is 14.3 Å². The highest BCUT2D eigenvalue weighted by Gasteiger charge is 2.53. The third-order valence-corrected chi connectivity index (χ3v) is 7.54. The number of aliphatic hydroxyl groups excluding tert-OH is 1. The van der Waals surface area contributed by atoms with Crippen LogP contribution in [0.15, 0.2) is 0 Å². The second kappa shape index (κ2) is 7.69. The molecule has 0 spiro atoms. The molecule has 6 atom stereocenters.